The molecule has 7 rings (SSSR count). The second kappa shape index (κ2) is 10.5. The molecule has 0 aromatic heterocycles. The predicted octanol–water partition coefficient (Wildman–Crippen LogP) is 3.74. The monoisotopic (exact) mass is 552 g/mol. The van der Waals surface area contributed by atoms with Crippen molar-refractivity contribution in [2.24, 2.45) is 11.8 Å². The van der Waals surface area contributed by atoms with Crippen molar-refractivity contribution in [3.8, 4) is 0 Å². The van der Waals surface area contributed by atoms with Crippen LogP contribution in [0.2, 0.25) is 0 Å². The van der Waals surface area contributed by atoms with Crippen LogP contribution in [-0.4, -0.2) is 64.6 Å². The number of halogens is 1. The Kier molecular flexibility index (Phi) is 6.67. The number of hydrogen-bond acceptors (Lipinski definition) is 5. The third-order valence-corrected chi connectivity index (χ3v) is 9.23. The zero-order valence-electron chi connectivity index (χ0n) is 22.8. The highest BCUT2D eigenvalue weighted by atomic mass is 19.1. The van der Waals surface area contributed by atoms with E-state index in [-0.39, 0.29) is 36.9 Å². The van der Waals surface area contributed by atoms with Gasteiger partial charge in [-0.05, 0) is 46.6 Å². The normalized spacial score (nSPS) is 24.7. The molecule has 4 heterocycles. The Bertz CT molecular complexity index is 1440. The molecule has 0 spiro atoms. The van der Waals surface area contributed by atoms with E-state index in [1.165, 1.54) is 22.1 Å². The smallest absolute Gasteiger partial charge is 0.258 e. The number of nitrogens with zero attached hydrogens (tertiary/aromatic N) is 3. The zero-order valence-corrected chi connectivity index (χ0v) is 22.8. The zero-order chi connectivity index (χ0) is 28.1. The summed E-state index contributed by atoms with van der Waals surface area (Å²) >= 11 is 0. The van der Waals surface area contributed by atoms with Crippen molar-refractivity contribution in [3.63, 3.8) is 0 Å². The third kappa shape index (κ3) is 4.85. The van der Waals surface area contributed by atoms with Crippen LogP contribution in [0.5, 0.6) is 0 Å². The van der Waals surface area contributed by atoms with Gasteiger partial charge in [-0.2, -0.15) is 0 Å². The molecule has 0 aliphatic carbocycles. The van der Waals surface area contributed by atoms with E-state index in [2.05, 4.69) is 75.8 Å². The number of amides is 3. The molecule has 210 valence electrons. The lowest BCUT2D eigenvalue weighted by atomic mass is 9.97. The fourth-order valence-electron chi connectivity index (χ4n) is 7.42. The van der Waals surface area contributed by atoms with E-state index in [1.54, 1.807) is 0 Å². The lowest BCUT2D eigenvalue weighted by Gasteiger charge is -2.30. The number of rotatable bonds is 6. The second-order valence-corrected chi connectivity index (χ2v) is 11.9. The van der Waals surface area contributed by atoms with E-state index in [9.17, 15) is 14.4 Å². The van der Waals surface area contributed by atoms with Crippen molar-refractivity contribution in [1.82, 2.24) is 20.0 Å². The van der Waals surface area contributed by atoms with Gasteiger partial charge < -0.3 is 4.90 Å². The first kappa shape index (κ1) is 26.0. The van der Waals surface area contributed by atoms with E-state index >= 15 is 4.39 Å². The molecule has 4 aliphatic rings. The van der Waals surface area contributed by atoms with Gasteiger partial charge in [0, 0.05) is 45.7 Å². The summed E-state index contributed by atoms with van der Waals surface area (Å²) in [4.78, 5) is 43.4. The third-order valence-electron chi connectivity index (χ3n) is 9.23. The quantitative estimate of drug-likeness (QED) is 0.472. The van der Waals surface area contributed by atoms with Crippen LogP contribution in [0.4, 0.5) is 4.39 Å². The molecule has 3 aromatic carbocycles. The first-order valence-electron chi connectivity index (χ1n) is 14.5. The van der Waals surface area contributed by atoms with E-state index in [0.717, 1.165) is 31.7 Å². The van der Waals surface area contributed by atoms with E-state index in [1.807, 2.05) is 6.07 Å². The number of carbonyl (C=O) groups is 3. The fraction of sp³-hybridized carbons (Fsp3) is 0.364. The van der Waals surface area contributed by atoms with Gasteiger partial charge in [0.2, 0.25) is 11.8 Å². The minimum atomic E-state index is -0.744. The number of piperidine rings is 1. The standard InChI is InChI=1S/C33H33FN4O3/c34-27-14-21(13-24-20-38(33(41)30(24)27)28-11-12-29(39)35-32(28)40)15-36-16-25-18-37(19-26(25)17-36)31(22-7-3-1-4-8-22)23-9-5-2-6-10-23/h1-10,13-14,25-26,28,31H,11-12,15-20H2,(H,35,39,40). The minimum Gasteiger partial charge on any atom is -0.322 e. The Morgan fingerprint density at radius 2 is 1.49 bits per heavy atom. The maximum atomic E-state index is 15.2. The molecule has 0 bridgehead atoms. The van der Waals surface area contributed by atoms with Crippen molar-refractivity contribution in [2.45, 2.75) is 38.0 Å². The molecular weight excluding hydrogens is 519 g/mol. The minimum absolute atomic E-state index is 0.0558. The maximum absolute atomic E-state index is 15.2. The molecule has 3 atom stereocenters. The summed E-state index contributed by atoms with van der Waals surface area (Å²) in [5.41, 5.74) is 4.15. The summed E-state index contributed by atoms with van der Waals surface area (Å²) in [7, 11) is 0. The van der Waals surface area contributed by atoms with Crippen LogP contribution < -0.4 is 5.32 Å². The van der Waals surface area contributed by atoms with Gasteiger partial charge in [0.05, 0.1) is 11.6 Å². The Balaban J connectivity index is 1.03. The Labute approximate surface area is 238 Å². The van der Waals surface area contributed by atoms with Gasteiger partial charge in [-0.1, -0.05) is 66.7 Å². The number of fused-ring (bicyclic) bond motifs is 2. The Morgan fingerprint density at radius 3 is 2.10 bits per heavy atom. The number of likely N-dealkylation sites (tertiary alicyclic amines) is 2. The van der Waals surface area contributed by atoms with E-state index in [0.29, 0.717) is 23.9 Å². The average Bonchev–Trinajstić information content (AvgIpc) is 3.62. The van der Waals surface area contributed by atoms with Crippen LogP contribution in [0, 0.1) is 17.7 Å². The van der Waals surface area contributed by atoms with Gasteiger partial charge in [-0.15, -0.1) is 0 Å². The van der Waals surface area contributed by atoms with Crippen molar-refractivity contribution in [1.29, 1.82) is 0 Å². The van der Waals surface area contributed by atoms with E-state index in [4.69, 9.17) is 0 Å². The van der Waals surface area contributed by atoms with Gasteiger partial charge in [0.15, 0.2) is 0 Å². The number of imide groups is 1. The maximum Gasteiger partial charge on any atom is 0.258 e. The van der Waals surface area contributed by atoms with Crippen molar-refractivity contribution in [2.75, 3.05) is 26.2 Å². The Morgan fingerprint density at radius 1 is 0.854 bits per heavy atom. The number of nitrogens with one attached hydrogen (secondary N) is 1. The predicted molar refractivity (Wildman–Crippen MR) is 151 cm³/mol. The molecule has 41 heavy (non-hydrogen) atoms. The van der Waals surface area contributed by atoms with Gasteiger partial charge in [0.25, 0.3) is 5.91 Å². The van der Waals surface area contributed by atoms with Crippen LogP contribution in [0.25, 0.3) is 0 Å². The van der Waals surface area contributed by atoms with E-state index < -0.39 is 23.7 Å². The molecule has 0 radical (unpaired) electrons. The summed E-state index contributed by atoms with van der Waals surface area (Å²) in [5, 5.41) is 2.30. The number of hydrogen-bond donors (Lipinski definition) is 1. The summed E-state index contributed by atoms with van der Waals surface area (Å²) in [5.74, 6) is -0.722. The molecule has 7 nitrogen and oxygen atoms in total. The summed E-state index contributed by atoms with van der Waals surface area (Å²) in [6.07, 6.45) is 0.443. The highest BCUT2D eigenvalue weighted by Crippen LogP contribution is 2.39. The summed E-state index contributed by atoms with van der Waals surface area (Å²) in [6.45, 7) is 4.76. The van der Waals surface area contributed by atoms with Gasteiger partial charge in [-0.25, -0.2) is 4.39 Å². The first-order chi connectivity index (χ1) is 19.9. The molecule has 8 heteroatoms. The molecular formula is C33H33FN4O3. The van der Waals surface area contributed by atoms with Crippen molar-refractivity contribution < 1.29 is 18.8 Å². The molecule has 3 unspecified atom stereocenters. The molecule has 3 aromatic rings. The van der Waals surface area contributed by atoms with Gasteiger partial charge in [0.1, 0.15) is 11.9 Å². The van der Waals surface area contributed by atoms with Crippen LogP contribution >= 0.6 is 0 Å². The molecule has 3 fully saturated rings. The molecule has 4 aliphatic heterocycles. The average molecular weight is 553 g/mol. The molecule has 3 saturated heterocycles. The largest absolute Gasteiger partial charge is 0.322 e. The lowest BCUT2D eigenvalue weighted by molar-refractivity contribution is -0.136. The fourth-order valence-corrected chi connectivity index (χ4v) is 7.42. The van der Waals surface area contributed by atoms with Crippen LogP contribution in [0.3, 0.4) is 0 Å². The van der Waals surface area contributed by atoms with Crippen LogP contribution in [-0.2, 0) is 22.7 Å². The Hall–Kier alpha value is -3.88. The second-order valence-electron chi connectivity index (χ2n) is 11.9. The topological polar surface area (TPSA) is 73.0 Å². The first-order valence-corrected chi connectivity index (χ1v) is 14.5. The van der Waals surface area contributed by atoms with Crippen LogP contribution in [0.15, 0.2) is 72.8 Å². The van der Waals surface area contributed by atoms with Crippen molar-refractivity contribution >= 4 is 17.7 Å². The molecule has 1 N–H and O–H groups in total. The summed E-state index contributed by atoms with van der Waals surface area (Å²) < 4.78 is 15.2. The molecule has 0 saturated carbocycles. The number of benzene rings is 3. The van der Waals surface area contributed by atoms with Gasteiger partial charge in [-0.3, -0.25) is 29.5 Å². The number of carbonyl (C=O) groups excluding carboxylic acids is 3. The van der Waals surface area contributed by atoms with Crippen LogP contribution in [0.1, 0.15) is 51.5 Å². The molecule has 3 amide bonds. The highest BCUT2D eigenvalue weighted by molar-refractivity contribution is 6.05. The summed E-state index contributed by atoms with van der Waals surface area (Å²) in [6, 6.07) is 24.3. The van der Waals surface area contributed by atoms with Gasteiger partial charge >= 0.3 is 0 Å². The highest BCUT2D eigenvalue weighted by Gasteiger charge is 2.43. The SMILES string of the molecule is O=C1CCC(N2Cc3cc(CN4CC5CN(C(c6ccccc6)c6ccccc6)CC5C4)cc(F)c3C2=O)C(=O)N1. The lowest BCUT2D eigenvalue weighted by Crippen LogP contribution is -2.52. The van der Waals surface area contributed by atoms with Crippen molar-refractivity contribution in [3.05, 3.63) is 106 Å².